The predicted octanol–water partition coefficient (Wildman–Crippen LogP) is 2.86. The summed E-state index contributed by atoms with van der Waals surface area (Å²) < 4.78 is 19.6. The van der Waals surface area contributed by atoms with Crippen LogP contribution in [0.1, 0.15) is 13.3 Å². The van der Waals surface area contributed by atoms with Gasteiger partial charge in [0.25, 0.3) is 0 Å². The summed E-state index contributed by atoms with van der Waals surface area (Å²) in [5.41, 5.74) is 0.895. The number of carbonyl (C=O) groups excluding carboxylic acids is 1. The van der Waals surface area contributed by atoms with Crippen molar-refractivity contribution in [3.8, 4) is 11.4 Å². The summed E-state index contributed by atoms with van der Waals surface area (Å²) in [6.45, 7) is 3.94. The van der Waals surface area contributed by atoms with E-state index >= 15 is 0 Å². The molecule has 0 spiro atoms. The van der Waals surface area contributed by atoms with Gasteiger partial charge in [0.1, 0.15) is 5.65 Å². The van der Waals surface area contributed by atoms with Crippen LogP contribution in [0.15, 0.2) is 24.7 Å². The van der Waals surface area contributed by atoms with E-state index in [1.54, 1.807) is 18.5 Å². The second kappa shape index (κ2) is 7.17. The Labute approximate surface area is 176 Å². The number of anilines is 1. The van der Waals surface area contributed by atoms with Crippen LogP contribution >= 0.6 is 11.6 Å². The molecule has 2 N–H and O–H groups in total. The van der Waals surface area contributed by atoms with E-state index in [1.807, 2.05) is 11.8 Å². The van der Waals surface area contributed by atoms with Crippen LogP contribution in [-0.4, -0.2) is 63.1 Å². The fraction of sp³-hybridized carbons (Fsp3) is 0.400. The van der Waals surface area contributed by atoms with Gasteiger partial charge in [-0.05, 0) is 19.4 Å². The maximum atomic E-state index is 14.4. The number of halogens is 2. The Kier molecular flexibility index (Phi) is 4.59. The lowest BCUT2D eigenvalue weighted by molar-refractivity contribution is -0.167. The van der Waals surface area contributed by atoms with Gasteiger partial charge < -0.3 is 19.9 Å². The zero-order valence-electron chi connectivity index (χ0n) is 16.3. The molecule has 2 aliphatic heterocycles. The quantitative estimate of drug-likeness (QED) is 0.660. The van der Waals surface area contributed by atoms with Gasteiger partial charge in [-0.3, -0.25) is 4.79 Å². The molecule has 0 radical (unpaired) electrons. The van der Waals surface area contributed by atoms with Gasteiger partial charge in [0.15, 0.2) is 17.5 Å². The Morgan fingerprint density at radius 1 is 1.40 bits per heavy atom. The smallest absolute Gasteiger partial charge is 0.233 e. The lowest BCUT2D eigenvalue weighted by Gasteiger charge is -2.39. The maximum absolute atomic E-state index is 14.4. The number of aromatic amines is 1. The number of rotatable bonds is 4. The molecule has 156 valence electrons. The third-order valence-electron chi connectivity index (χ3n) is 5.66. The number of likely N-dealkylation sites (tertiary alicyclic amines) is 1. The van der Waals surface area contributed by atoms with Gasteiger partial charge in [0.2, 0.25) is 5.91 Å². The first-order valence-corrected chi connectivity index (χ1v) is 10.1. The molecule has 1 atom stereocenters. The highest BCUT2D eigenvalue weighted by molar-refractivity contribution is 6.31. The number of ether oxygens (including phenoxy) is 1. The zero-order chi connectivity index (χ0) is 20.9. The van der Waals surface area contributed by atoms with Crippen LogP contribution in [-0.2, 0) is 9.53 Å². The Bertz CT molecular complexity index is 1130. The minimum absolute atomic E-state index is 0.0880. The van der Waals surface area contributed by atoms with Crippen LogP contribution in [0, 0.1) is 11.2 Å². The number of carbonyl (C=O) groups is 1. The van der Waals surface area contributed by atoms with Gasteiger partial charge in [-0.1, -0.05) is 11.6 Å². The number of fused-ring (bicyclic) bond motifs is 1. The lowest BCUT2D eigenvalue weighted by Crippen LogP contribution is -2.53. The number of amides is 1. The lowest BCUT2D eigenvalue weighted by atomic mass is 9.87. The van der Waals surface area contributed by atoms with E-state index in [-0.39, 0.29) is 17.8 Å². The number of aromatic nitrogens is 4. The van der Waals surface area contributed by atoms with Crippen LogP contribution < -0.4 is 5.32 Å². The molecule has 30 heavy (non-hydrogen) atoms. The third-order valence-corrected chi connectivity index (χ3v) is 5.86. The molecule has 5 rings (SSSR count). The fourth-order valence-corrected chi connectivity index (χ4v) is 4.09. The summed E-state index contributed by atoms with van der Waals surface area (Å²) in [7, 11) is 0. The Balaban J connectivity index is 1.36. The first-order chi connectivity index (χ1) is 14.4. The summed E-state index contributed by atoms with van der Waals surface area (Å²) in [5.74, 6) is 0.0186. The second-order valence-electron chi connectivity index (χ2n) is 8.08. The van der Waals surface area contributed by atoms with E-state index in [1.165, 1.54) is 0 Å². The monoisotopic (exact) mass is 430 g/mol. The molecule has 0 aromatic carbocycles. The summed E-state index contributed by atoms with van der Waals surface area (Å²) in [6.07, 6.45) is 5.13. The third kappa shape index (κ3) is 3.27. The first kappa shape index (κ1) is 19.2. The molecule has 0 aliphatic carbocycles. The van der Waals surface area contributed by atoms with Crippen LogP contribution in [0.2, 0.25) is 5.02 Å². The standard InChI is InChI=1S/C20H20ClFN6O2/c1-20(9-30-10-20)19(29)28-3-2-12(8-28)26-18-15(22)7-25-17(27-18)14-6-24-16-13(14)4-11(21)5-23-16/h4-7,12H,2-3,8-10H2,1H3,(H,23,24)(H,25,26,27)/t12-/m1/s1. The topological polar surface area (TPSA) is 96.0 Å². The number of hydrogen-bond donors (Lipinski definition) is 2. The molecule has 8 nitrogen and oxygen atoms in total. The highest BCUT2D eigenvalue weighted by atomic mass is 35.5. The first-order valence-electron chi connectivity index (χ1n) is 9.72. The molecule has 2 saturated heterocycles. The van der Waals surface area contributed by atoms with Crippen molar-refractivity contribution in [1.29, 1.82) is 0 Å². The van der Waals surface area contributed by atoms with Crippen molar-refractivity contribution in [2.75, 3.05) is 31.6 Å². The van der Waals surface area contributed by atoms with Crippen LogP contribution in [0.5, 0.6) is 0 Å². The summed E-state index contributed by atoms with van der Waals surface area (Å²) in [4.78, 5) is 30.3. The molecule has 2 fully saturated rings. The van der Waals surface area contributed by atoms with Gasteiger partial charge in [0.05, 0.1) is 29.8 Å². The van der Waals surface area contributed by atoms with Gasteiger partial charge in [0, 0.05) is 42.5 Å². The Morgan fingerprint density at radius 2 is 2.23 bits per heavy atom. The van der Waals surface area contributed by atoms with Crippen molar-refractivity contribution < 1.29 is 13.9 Å². The average Bonchev–Trinajstić information content (AvgIpc) is 3.34. The van der Waals surface area contributed by atoms with Crippen molar-refractivity contribution in [1.82, 2.24) is 24.8 Å². The molecule has 3 aromatic rings. The van der Waals surface area contributed by atoms with Gasteiger partial charge in [-0.25, -0.2) is 19.3 Å². The molecule has 0 unspecified atom stereocenters. The zero-order valence-corrected chi connectivity index (χ0v) is 17.0. The molecule has 1 amide bonds. The van der Waals surface area contributed by atoms with Gasteiger partial charge in [-0.15, -0.1) is 0 Å². The fourth-order valence-electron chi connectivity index (χ4n) is 3.93. The molecule has 0 saturated carbocycles. The Morgan fingerprint density at radius 3 is 3.00 bits per heavy atom. The van der Waals surface area contributed by atoms with Crippen molar-refractivity contribution in [2.24, 2.45) is 5.41 Å². The van der Waals surface area contributed by atoms with Crippen molar-refractivity contribution >= 4 is 34.4 Å². The summed E-state index contributed by atoms with van der Waals surface area (Å²) >= 11 is 6.06. The van der Waals surface area contributed by atoms with E-state index in [4.69, 9.17) is 16.3 Å². The van der Waals surface area contributed by atoms with E-state index < -0.39 is 11.2 Å². The molecule has 10 heteroatoms. The normalized spacial score (nSPS) is 20.4. The van der Waals surface area contributed by atoms with Crippen LogP contribution in [0.4, 0.5) is 10.2 Å². The average molecular weight is 431 g/mol. The second-order valence-corrected chi connectivity index (χ2v) is 8.51. The van der Waals surface area contributed by atoms with Crippen molar-refractivity contribution in [3.05, 3.63) is 35.5 Å². The van der Waals surface area contributed by atoms with E-state index in [0.29, 0.717) is 54.8 Å². The van der Waals surface area contributed by atoms with E-state index in [2.05, 4.69) is 25.3 Å². The SMILES string of the molecule is CC1(C(=O)N2CC[C@@H](Nc3nc(-c4c[nH]c5ncc(Cl)cc45)ncc3F)C2)COC1. The minimum atomic E-state index is -0.543. The molecule has 0 bridgehead atoms. The van der Waals surface area contributed by atoms with Crippen molar-refractivity contribution in [3.63, 3.8) is 0 Å². The van der Waals surface area contributed by atoms with E-state index in [9.17, 15) is 9.18 Å². The number of nitrogens with one attached hydrogen (secondary N) is 2. The predicted molar refractivity (Wildman–Crippen MR) is 110 cm³/mol. The number of nitrogens with zero attached hydrogens (tertiary/aromatic N) is 4. The molecule has 3 aromatic heterocycles. The largest absolute Gasteiger partial charge is 0.379 e. The highest BCUT2D eigenvalue weighted by Gasteiger charge is 2.45. The number of H-pyrrole nitrogens is 1. The Hall–Kier alpha value is -2.78. The number of hydrogen-bond acceptors (Lipinski definition) is 6. The minimum Gasteiger partial charge on any atom is -0.379 e. The molecular weight excluding hydrogens is 411 g/mol. The van der Waals surface area contributed by atoms with Gasteiger partial charge >= 0.3 is 0 Å². The number of pyridine rings is 1. The highest BCUT2D eigenvalue weighted by Crippen LogP contribution is 2.32. The van der Waals surface area contributed by atoms with Gasteiger partial charge in [-0.2, -0.15) is 0 Å². The summed E-state index contributed by atoms with van der Waals surface area (Å²) in [6, 6.07) is 1.68. The van der Waals surface area contributed by atoms with E-state index in [0.717, 1.165) is 11.6 Å². The summed E-state index contributed by atoms with van der Waals surface area (Å²) in [5, 5.41) is 4.39. The molecular formula is C20H20ClFN6O2. The maximum Gasteiger partial charge on any atom is 0.233 e. The van der Waals surface area contributed by atoms with Crippen molar-refractivity contribution in [2.45, 2.75) is 19.4 Å². The molecule has 2 aliphatic rings. The molecule has 5 heterocycles. The van der Waals surface area contributed by atoms with Crippen LogP contribution in [0.25, 0.3) is 22.4 Å². The van der Waals surface area contributed by atoms with Crippen LogP contribution in [0.3, 0.4) is 0 Å².